The highest BCUT2D eigenvalue weighted by molar-refractivity contribution is 9.10. The van der Waals surface area contributed by atoms with E-state index in [1.54, 1.807) is 18.2 Å². The molecule has 0 saturated heterocycles. The van der Waals surface area contributed by atoms with Crippen LogP contribution in [0.1, 0.15) is 17.3 Å². The second-order valence-electron chi connectivity index (χ2n) is 4.16. The fraction of sp³-hybridized carbons (Fsp3) is 0.133. The second-order valence-corrected chi connectivity index (χ2v) is 5.42. The highest BCUT2D eigenvalue weighted by atomic mass is 79.9. The molecule has 0 radical (unpaired) electrons. The molecule has 1 amide bonds. The molecule has 6 heteroatoms. The minimum atomic E-state index is -0.414. The number of rotatable bonds is 4. The van der Waals surface area contributed by atoms with Crippen LogP contribution in [-0.2, 0) is 0 Å². The predicted molar refractivity (Wildman–Crippen MR) is 84.7 cm³/mol. The van der Waals surface area contributed by atoms with E-state index in [9.17, 15) is 9.18 Å². The van der Waals surface area contributed by atoms with E-state index in [1.165, 1.54) is 18.2 Å². The monoisotopic (exact) mass is 371 g/mol. The fourth-order valence-corrected chi connectivity index (χ4v) is 2.49. The summed E-state index contributed by atoms with van der Waals surface area (Å²) in [6.45, 7) is 2.37. The minimum absolute atomic E-state index is 0.335. The van der Waals surface area contributed by atoms with Gasteiger partial charge in [-0.1, -0.05) is 11.6 Å². The van der Waals surface area contributed by atoms with Gasteiger partial charge in [0.2, 0.25) is 0 Å². The fourth-order valence-electron chi connectivity index (χ4n) is 1.72. The first-order chi connectivity index (χ1) is 10.0. The number of amides is 1. The number of anilines is 1. The number of ether oxygens (including phenoxy) is 1. The van der Waals surface area contributed by atoms with Crippen molar-refractivity contribution in [2.45, 2.75) is 6.92 Å². The predicted octanol–water partition coefficient (Wildman–Crippen LogP) is 4.89. The van der Waals surface area contributed by atoms with Gasteiger partial charge in [0.15, 0.2) is 0 Å². The van der Waals surface area contributed by atoms with Crippen molar-refractivity contribution in [3.8, 4) is 5.75 Å². The van der Waals surface area contributed by atoms with Crippen LogP contribution in [0.4, 0.5) is 10.1 Å². The minimum Gasteiger partial charge on any atom is -0.492 e. The zero-order chi connectivity index (χ0) is 15.4. The number of nitrogens with one attached hydrogen (secondary N) is 1. The zero-order valence-electron chi connectivity index (χ0n) is 11.1. The van der Waals surface area contributed by atoms with Crippen LogP contribution in [0, 0.1) is 5.82 Å². The number of carbonyl (C=O) groups excluding carboxylic acids is 1. The van der Waals surface area contributed by atoms with Gasteiger partial charge in [-0.25, -0.2) is 4.39 Å². The largest absolute Gasteiger partial charge is 0.492 e. The van der Waals surface area contributed by atoms with E-state index in [2.05, 4.69) is 21.2 Å². The van der Waals surface area contributed by atoms with Crippen molar-refractivity contribution in [2.75, 3.05) is 11.9 Å². The molecule has 0 aliphatic rings. The van der Waals surface area contributed by atoms with Crippen molar-refractivity contribution in [2.24, 2.45) is 0 Å². The molecule has 2 aromatic rings. The molecule has 3 nitrogen and oxygen atoms in total. The van der Waals surface area contributed by atoms with Crippen LogP contribution < -0.4 is 10.1 Å². The molecular formula is C15H12BrClFNO2. The normalized spacial score (nSPS) is 10.3. The van der Waals surface area contributed by atoms with Crippen LogP contribution in [0.25, 0.3) is 0 Å². The lowest BCUT2D eigenvalue weighted by atomic mass is 10.2. The summed E-state index contributed by atoms with van der Waals surface area (Å²) in [5, 5.41) is 3.11. The van der Waals surface area contributed by atoms with Gasteiger partial charge in [0.05, 0.1) is 17.2 Å². The Morgan fingerprint density at radius 2 is 2.10 bits per heavy atom. The van der Waals surface area contributed by atoms with Gasteiger partial charge in [-0.05, 0) is 59.3 Å². The Morgan fingerprint density at radius 1 is 1.33 bits per heavy atom. The highest BCUT2D eigenvalue weighted by Crippen LogP contribution is 2.28. The highest BCUT2D eigenvalue weighted by Gasteiger charge is 2.12. The second kappa shape index (κ2) is 6.91. The number of benzene rings is 2. The van der Waals surface area contributed by atoms with Gasteiger partial charge < -0.3 is 10.1 Å². The molecule has 0 fully saturated rings. The summed E-state index contributed by atoms with van der Waals surface area (Å²) < 4.78 is 18.7. The lowest BCUT2D eigenvalue weighted by Crippen LogP contribution is -2.12. The topological polar surface area (TPSA) is 38.3 Å². The average Bonchev–Trinajstić information content (AvgIpc) is 2.41. The Balaban J connectivity index is 2.17. The van der Waals surface area contributed by atoms with Crippen molar-refractivity contribution in [3.63, 3.8) is 0 Å². The molecule has 0 bridgehead atoms. The average molecular weight is 373 g/mol. The number of halogens is 3. The molecule has 0 heterocycles. The molecule has 110 valence electrons. The lowest BCUT2D eigenvalue weighted by Gasteiger charge is -2.10. The van der Waals surface area contributed by atoms with Crippen LogP contribution >= 0.6 is 27.5 Å². The number of hydrogen-bond donors (Lipinski definition) is 1. The zero-order valence-corrected chi connectivity index (χ0v) is 13.5. The summed E-state index contributed by atoms with van der Waals surface area (Å²) >= 11 is 9.22. The van der Waals surface area contributed by atoms with Gasteiger partial charge in [-0.15, -0.1) is 0 Å². The van der Waals surface area contributed by atoms with Gasteiger partial charge in [0.1, 0.15) is 11.6 Å². The van der Waals surface area contributed by atoms with Crippen LogP contribution in [0.5, 0.6) is 5.75 Å². The Bertz CT molecular complexity index is 679. The van der Waals surface area contributed by atoms with Crippen LogP contribution in [0.3, 0.4) is 0 Å². The quantitative estimate of drug-likeness (QED) is 0.829. The summed E-state index contributed by atoms with van der Waals surface area (Å²) in [4.78, 5) is 12.1. The van der Waals surface area contributed by atoms with Crippen molar-refractivity contribution < 1.29 is 13.9 Å². The molecule has 0 saturated carbocycles. The Morgan fingerprint density at radius 3 is 2.71 bits per heavy atom. The molecule has 2 rings (SSSR count). The van der Waals surface area contributed by atoms with Crippen LogP contribution in [-0.4, -0.2) is 12.5 Å². The summed E-state index contributed by atoms with van der Waals surface area (Å²) in [6, 6.07) is 8.84. The van der Waals surface area contributed by atoms with Gasteiger partial charge in [-0.2, -0.15) is 0 Å². The summed E-state index contributed by atoms with van der Waals surface area (Å²) in [6.07, 6.45) is 0. The van der Waals surface area contributed by atoms with E-state index in [4.69, 9.17) is 16.3 Å². The van der Waals surface area contributed by atoms with Crippen molar-refractivity contribution >= 4 is 39.1 Å². The standard InChI is InChI=1S/C15H12BrClFNO2/c1-2-21-14-6-4-10(8-13(14)17)19-15(20)11-5-3-9(18)7-12(11)16/h3-8H,2H2,1H3,(H,19,20). The van der Waals surface area contributed by atoms with Crippen molar-refractivity contribution in [1.82, 2.24) is 0 Å². The van der Waals surface area contributed by atoms with Gasteiger partial charge >= 0.3 is 0 Å². The van der Waals surface area contributed by atoms with Gasteiger partial charge in [0, 0.05) is 10.2 Å². The van der Waals surface area contributed by atoms with E-state index < -0.39 is 5.82 Å². The molecular weight excluding hydrogens is 361 g/mol. The van der Waals surface area contributed by atoms with E-state index in [0.29, 0.717) is 33.1 Å². The molecule has 1 N–H and O–H groups in total. The van der Waals surface area contributed by atoms with Crippen molar-refractivity contribution in [3.05, 3.63) is 57.3 Å². The molecule has 21 heavy (non-hydrogen) atoms. The molecule has 0 atom stereocenters. The van der Waals surface area contributed by atoms with E-state index in [0.717, 1.165) is 0 Å². The van der Waals surface area contributed by atoms with Crippen molar-refractivity contribution in [1.29, 1.82) is 0 Å². The van der Waals surface area contributed by atoms with E-state index in [-0.39, 0.29) is 5.91 Å². The first-order valence-electron chi connectivity index (χ1n) is 6.20. The molecule has 0 aromatic heterocycles. The molecule has 0 spiro atoms. The Hall–Kier alpha value is -1.59. The maximum Gasteiger partial charge on any atom is 0.256 e. The maximum absolute atomic E-state index is 13.0. The van der Waals surface area contributed by atoms with E-state index in [1.807, 2.05) is 6.92 Å². The maximum atomic E-state index is 13.0. The number of carbonyl (C=O) groups is 1. The third-order valence-corrected chi connectivity index (χ3v) is 3.62. The first-order valence-corrected chi connectivity index (χ1v) is 7.37. The van der Waals surface area contributed by atoms with E-state index >= 15 is 0 Å². The third-order valence-electron chi connectivity index (χ3n) is 2.67. The summed E-state index contributed by atoms with van der Waals surface area (Å²) in [5.41, 5.74) is 0.867. The summed E-state index contributed by atoms with van der Waals surface area (Å²) in [7, 11) is 0. The molecule has 0 unspecified atom stereocenters. The van der Waals surface area contributed by atoms with Gasteiger partial charge in [0.25, 0.3) is 5.91 Å². The lowest BCUT2D eigenvalue weighted by molar-refractivity contribution is 0.102. The van der Waals surface area contributed by atoms with Crippen LogP contribution in [0.2, 0.25) is 5.02 Å². The Labute approximate surface area is 135 Å². The SMILES string of the molecule is CCOc1ccc(NC(=O)c2ccc(F)cc2Br)cc1Cl. The molecule has 0 aliphatic heterocycles. The first kappa shape index (κ1) is 15.8. The third kappa shape index (κ3) is 3.95. The molecule has 2 aromatic carbocycles. The summed E-state index contributed by atoms with van der Waals surface area (Å²) in [5.74, 6) is -0.218. The molecule has 0 aliphatic carbocycles. The van der Waals surface area contributed by atoms with Crippen LogP contribution in [0.15, 0.2) is 40.9 Å². The van der Waals surface area contributed by atoms with Gasteiger partial charge in [-0.3, -0.25) is 4.79 Å². The number of hydrogen-bond acceptors (Lipinski definition) is 2. The Kier molecular flexibility index (Phi) is 5.20. The smallest absolute Gasteiger partial charge is 0.256 e.